The zero-order chi connectivity index (χ0) is 22.8. The second-order valence-electron chi connectivity index (χ2n) is 7.96. The quantitative estimate of drug-likeness (QED) is 0.319. The molecule has 10 heteroatoms. The lowest BCUT2D eigenvalue weighted by atomic mass is 10.0. The molecule has 0 spiro atoms. The molecule has 0 saturated carbocycles. The second-order valence-corrected chi connectivity index (χ2v) is 7.96. The predicted octanol–water partition coefficient (Wildman–Crippen LogP) is 3.67. The van der Waals surface area contributed by atoms with E-state index in [2.05, 4.69) is 15.3 Å². The molecule has 2 N–H and O–H groups in total. The van der Waals surface area contributed by atoms with Gasteiger partial charge in [-0.25, -0.2) is 9.78 Å². The van der Waals surface area contributed by atoms with E-state index in [1.54, 1.807) is 0 Å². The van der Waals surface area contributed by atoms with Crippen molar-refractivity contribution in [1.29, 1.82) is 0 Å². The number of rotatable bonds is 8. The number of carbonyl (C=O) groups is 1. The van der Waals surface area contributed by atoms with Gasteiger partial charge in [0.2, 0.25) is 5.91 Å². The van der Waals surface area contributed by atoms with Crippen LogP contribution in [0.1, 0.15) is 38.6 Å². The maximum absolute atomic E-state index is 12.6. The molecular weight excluding hydrogens is 414 g/mol. The van der Waals surface area contributed by atoms with Gasteiger partial charge in [-0.05, 0) is 30.5 Å². The average Bonchev–Trinajstić information content (AvgIpc) is 3.31. The number of aryl methyl sites for hydroxylation is 1. The summed E-state index contributed by atoms with van der Waals surface area (Å²) < 4.78 is 6.50. The van der Waals surface area contributed by atoms with Gasteiger partial charge in [0.1, 0.15) is 5.82 Å². The van der Waals surface area contributed by atoms with E-state index < -0.39 is 10.7 Å². The highest BCUT2D eigenvalue weighted by Gasteiger charge is 2.22. The van der Waals surface area contributed by atoms with Gasteiger partial charge in [-0.1, -0.05) is 26.0 Å². The summed E-state index contributed by atoms with van der Waals surface area (Å²) in [5.74, 6) is 0.0628. The predicted molar refractivity (Wildman–Crippen MR) is 118 cm³/mol. The van der Waals surface area contributed by atoms with Crippen molar-refractivity contribution in [3.8, 4) is 0 Å². The largest absolute Gasteiger partial charge is 0.419 e. The van der Waals surface area contributed by atoms with Crippen LogP contribution in [0, 0.1) is 16.0 Å². The van der Waals surface area contributed by atoms with Crippen LogP contribution in [-0.2, 0) is 11.3 Å². The molecule has 2 heterocycles. The van der Waals surface area contributed by atoms with Crippen LogP contribution >= 0.6 is 0 Å². The van der Waals surface area contributed by atoms with Crippen molar-refractivity contribution in [2.75, 3.05) is 0 Å². The van der Waals surface area contributed by atoms with Gasteiger partial charge in [-0.3, -0.25) is 19.5 Å². The molecule has 1 amide bonds. The van der Waals surface area contributed by atoms with Crippen molar-refractivity contribution in [2.24, 2.45) is 5.92 Å². The van der Waals surface area contributed by atoms with Gasteiger partial charge in [-0.15, -0.1) is 0 Å². The maximum Gasteiger partial charge on any atom is 0.419 e. The first-order chi connectivity index (χ1) is 15.3. The Hall–Kier alpha value is -3.95. The Morgan fingerprint density at radius 1 is 1.28 bits per heavy atom. The number of nitrogens with zero attached hydrogens (tertiary/aromatic N) is 3. The van der Waals surface area contributed by atoms with Crippen LogP contribution in [0.5, 0.6) is 0 Å². The number of hydrogen-bond donors (Lipinski definition) is 2. The minimum atomic E-state index is -0.608. The van der Waals surface area contributed by atoms with E-state index in [4.69, 9.17) is 4.42 Å². The Bertz CT molecular complexity index is 1320. The monoisotopic (exact) mass is 437 g/mol. The van der Waals surface area contributed by atoms with Crippen LogP contribution in [0.3, 0.4) is 0 Å². The molecule has 4 aromatic rings. The molecule has 2 aromatic carbocycles. The molecule has 0 bridgehead atoms. The Kier molecular flexibility index (Phi) is 5.76. The number of benzene rings is 2. The fourth-order valence-electron chi connectivity index (χ4n) is 3.69. The van der Waals surface area contributed by atoms with E-state index in [1.165, 1.54) is 22.8 Å². The van der Waals surface area contributed by atoms with Gasteiger partial charge in [0, 0.05) is 19.0 Å². The fraction of sp³-hybridized carbons (Fsp3) is 0.318. The first-order valence-electron chi connectivity index (χ1n) is 10.4. The third kappa shape index (κ3) is 4.25. The summed E-state index contributed by atoms with van der Waals surface area (Å²) in [5, 5.41) is 13.9. The first kappa shape index (κ1) is 21.3. The van der Waals surface area contributed by atoms with Gasteiger partial charge < -0.3 is 14.7 Å². The van der Waals surface area contributed by atoms with Crippen LogP contribution in [0.4, 0.5) is 5.69 Å². The zero-order valence-corrected chi connectivity index (χ0v) is 17.7. The van der Waals surface area contributed by atoms with E-state index in [0.717, 1.165) is 11.0 Å². The summed E-state index contributed by atoms with van der Waals surface area (Å²) in [7, 11) is 0. The van der Waals surface area contributed by atoms with Crippen LogP contribution in [0.2, 0.25) is 0 Å². The molecule has 166 valence electrons. The lowest BCUT2D eigenvalue weighted by molar-refractivity contribution is -0.384. The number of H-pyrrole nitrogens is 1. The topological polar surface area (TPSA) is 136 Å². The van der Waals surface area contributed by atoms with Crippen LogP contribution in [0.25, 0.3) is 22.1 Å². The lowest BCUT2D eigenvalue weighted by Crippen LogP contribution is -2.32. The number of carbonyl (C=O) groups excluding carboxylic acids is 1. The second kappa shape index (κ2) is 8.66. The number of nitro benzene ring substituents is 1. The minimum Gasteiger partial charge on any atom is -0.407 e. The van der Waals surface area contributed by atoms with E-state index >= 15 is 0 Å². The lowest BCUT2D eigenvalue weighted by Gasteiger charge is -2.20. The SMILES string of the molecule is CC(C)C(NC(=O)CCCn1c(=O)oc2cc([N+](=O)[O-])ccc21)c1nc2ccccc2[nH]1. The minimum absolute atomic E-state index is 0.121. The summed E-state index contributed by atoms with van der Waals surface area (Å²) in [6.45, 7) is 4.27. The Morgan fingerprint density at radius 3 is 2.78 bits per heavy atom. The highest BCUT2D eigenvalue weighted by molar-refractivity contribution is 5.78. The van der Waals surface area contributed by atoms with Crippen molar-refractivity contribution >= 4 is 33.7 Å². The van der Waals surface area contributed by atoms with Crippen molar-refractivity contribution in [3.63, 3.8) is 0 Å². The first-order valence-corrected chi connectivity index (χ1v) is 10.4. The van der Waals surface area contributed by atoms with Gasteiger partial charge in [-0.2, -0.15) is 0 Å². The summed E-state index contributed by atoms with van der Waals surface area (Å²) in [6, 6.07) is 11.4. The number of aromatic nitrogens is 3. The molecule has 0 saturated heterocycles. The highest BCUT2D eigenvalue weighted by Crippen LogP contribution is 2.23. The molecule has 0 fully saturated rings. The molecule has 1 unspecified atom stereocenters. The summed E-state index contributed by atoms with van der Waals surface area (Å²) >= 11 is 0. The van der Waals surface area contributed by atoms with Crippen molar-refractivity contribution in [3.05, 3.63) is 69.0 Å². The van der Waals surface area contributed by atoms with Crippen molar-refractivity contribution in [1.82, 2.24) is 19.9 Å². The van der Waals surface area contributed by atoms with Crippen molar-refractivity contribution < 1.29 is 14.1 Å². The molecule has 10 nitrogen and oxygen atoms in total. The molecule has 2 aromatic heterocycles. The van der Waals surface area contributed by atoms with E-state index in [9.17, 15) is 19.7 Å². The highest BCUT2D eigenvalue weighted by atomic mass is 16.6. The van der Waals surface area contributed by atoms with Crippen LogP contribution in [-0.4, -0.2) is 25.4 Å². The number of para-hydroxylation sites is 2. The maximum atomic E-state index is 12.6. The van der Waals surface area contributed by atoms with Gasteiger partial charge >= 0.3 is 5.76 Å². The number of aromatic amines is 1. The van der Waals surface area contributed by atoms with E-state index in [0.29, 0.717) is 17.8 Å². The summed E-state index contributed by atoms with van der Waals surface area (Å²) in [6.07, 6.45) is 0.609. The number of imidazole rings is 1. The number of non-ortho nitro benzene ring substituents is 1. The normalized spacial score (nSPS) is 12.5. The summed E-state index contributed by atoms with van der Waals surface area (Å²) in [5.41, 5.74) is 2.22. The molecule has 0 aliphatic carbocycles. The van der Waals surface area contributed by atoms with Crippen LogP contribution < -0.4 is 11.1 Å². The number of hydrogen-bond acceptors (Lipinski definition) is 6. The number of nitro groups is 1. The number of amides is 1. The third-order valence-electron chi connectivity index (χ3n) is 5.33. The smallest absolute Gasteiger partial charge is 0.407 e. The Balaban J connectivity index is 1.41. The zero-order valence-electron chi connectivity index (χ0n) is 17.7. The third-order valence-corrected chi connectivity index (χ3v) is 5.33. The molecule has 0 aliphatic rings. The van der Waals surface area contributed by atoms with E-state index in [1.807, 2.05) is 38.1 Å². The number of oxazole rings is 1. The standard InChI is InChI=1S/C22H23N5O5/c1-13(2)20(21-23-15-6-3-4-7-16(15)24-21)25-19(28)8-5-11-26-17-10-9-14(27(30)31)12-18(17)32-22(26)29/h3-4,6-7,9-10,12-13,20H,5,8,11H2,1-2H3,(H,23,24)(H,25,28). The number of nitrogens with one attached hydrogen (secondary N) is 2. The molecule has 1 atom stereocenters. The van der Waals surface area contributed by atoms with Gasteiger partial charge in [0.05, 0.1) is 33.6 Å². The van der Waals surface area contributed by atoms with Crippen molar-refractivity contribution in [2.45, 2.75) is 39.3 Å². The van der Waals surface area contributed by atoms with Gasteiger partial charge in [0.15, 0.2) is 5.58 Å². The average molecular weight is 437 g/mol. The fourth-order valence-corrected chi connectivity index (χ4v) is 3.69. The van der Waals surface area contributed by atoms with Crippen LogP contribution in [0.15, 0.2) is 51.7 Å². The summed E-state index contributed by atoms with van der Waals surface area (Å²) in [4.78, 5) is 43.0. The molecule has 32 heavy (non-hydrogen) atoms. The molecule has 4 rings (SSSR count). The molecular formula is C22H23N5O5. The molecule has 0 aliphatic heterocycles. The Labute approximate surface area is 182 Å². The Morgan fingerprint density at radius 2 is 2.06 bits per heavy atom. The van der Waals surface area contributed by atoms with E-state index in [-0.39, 0.29) is 42.1 Å². The number of fused-ring (bicyclic) bond motifs is 2. The van der Waals surface area contributed by atoms with Gasteiger partial charge in [0.25, 0.3) is 5.69 Å². The molecule has 0 radical (unpaired) electrons.